The summed E-state index contributed by atoms with van der Waals surface area (Å²) in [6.07, 6.45) is 2.23. The molecule has 0 spiro atoms. The molecule has 0 radical (unpaired) electrons. The van der Waals surface area contributed by atoms with Crippen LogP contribution in [-0.4, -0.2) is 49.0 Å². The van der Waals surface area contributed by atoms with Crippen LogP contribution in [0.15, 0.2) is 53.1 Å². The van der Waals surface area contributed by atoms with E-state index in [-0.39, 0.29) is 12.0 Å². The van der Waals surface area contributed by atoms with E-state index in [1.54, 1.807) is 4.68 Å². The molecular weight excluding hydrogens is 408 g/mol. The molecule has 4 aromatic rings. The van der Waals surface area contributed by atoms with Gasteiger partial charge < -0.3 is 14.2 Å². The highest BCUT2D eigenvalue weighted by atomic mass is 16.5. The van der Waals surface area contributed by atoms with Crippen molar-refractivity contribution in [1.82, 2.24) is 30.0 Å². The maximum absolute atomic E-state index is 12.3. The van der Waals surface area contributed by atoms with Crippen LogP contribution in [0, 0.1) is 0 Å². The Hall–Kier alpha value is -3.75. The standard InChI is InChI=1S/C23H24N6O3/c1-16(31-18-7-3-2-4-8-18)23-24-22(26-32-23)17-9-10-20-19(15-17)25-27-29(20)14-11-21(30)28-12-5-6-13-28/h2-4,7-10,15-16H,5-6,11-14H2,1H3. The Morgan fingerprint density at radius 2 is 1.97 bits per heavy atom. The van der Waals surface area contributed by atoms with Gasteiger partial charge in [0.05, 0.1) is 12.1 Å². The van der Waals surface area contributed by atoms with E-state index in [4.69, 9.17) is 9.26 Å². The van der Waals surface area contributed by atoms with Crippen LogP contribution in [0.1, 0.15) is 38.2 Å². The van der Waals surface area contributed by atoms with Crippen molar-refractivity contribution >= 4 is 16.9 Å². The monoisotopic (exact) mass is 432 g/mol. The minimum Gasteiger partial charge on any atom is -0.481 e. The number of hydrogen-bond donors (Lipinski definition) is 0. The lowest BCUT2D eigenvalue weighted by atomic mass is 10.2. The van der Waals surface area contributed by atoms with Crippen molar-refractivity contribution in [3.63, 3.8) is 0 Å². The van der Waals surface area contributed by atoms with Gasteiger partial charge in [-0.05, 0) is 50.1 Å². The lowest BCUT2D eigenvalue weighted by Crippen LogP contribution is -2.28. The first-order chi connectivity index (χ1) is 15.7. The van der Waals surface area contributed by atoms with E-state index in [0.717, 1.165) is 48.3 Å². The predicted molar refractivity (Wildman–Crippen MR) is 117 cm³/mol. The molecule has 2 aromatic heterocycles. The summed E-state index contributed by atoms with van der Waals surface area (Å²) in [6, 6.07) is 15.2. The van der Waals surface area contributed by atoms with Crippen LogP contribution in [0.2, 0.25) is 0 Å². The highest BCUT2D eigenvalue weighted by Crippen LogP contribution is 2.25. The second-order valence-electron chi connectivity index (χ2n) is 7.88. The second-order valence-corrected chi connectivity index (χ2v) is 7.88. The van der Waals surface area contributed by atoms with Gasteiger partial charge in [0, 0.05) is 25.1 Å². The SMILES string of the molecule is CC(Oc1ccccc1)c1nc(-c2ccc3c(c2)nnn3CCC(=O)N2CCCC2)no1. The molecule has 1 fully saturated rings. The zero-order valence-corrected chi connectivity index (χ0v) is 17.8. The molecule has 1 aliphatic rings. The molecule has 32 heavy (non-hydrogen) atoms. The largest absolute Gasteiger partial charge is 0.481 e. The third-order valence-corrected chi connectivity index (χ3v) is 5.61. The fraction of sp³-hybridized carbons (Fsp3) is 0.348. The molecule has 1 saturated heterocycles. The molecule has 0 aliphatic carbocycles. The van der Waals surface area contributed by atoms with Crippen LogP contribution in [0.25, 0.3) is 22.4 Å². The maximum atomic E-state index is 12.3. The number of benzene rings is 2. The van der Waals surface area contributed by atoms with Crippen molar-refractivity contribution < 1.29 is 14.1 Å². The average molecular weight is 432 g/mol. The summed E-state index contributed by atoms with van der Waals surface area (Å²) in [7, 11) is 0. The van der Waals surface area contributed by atoms with E-state index >= 15 is 0 Å². The second kappa shape index (κ2) is 8.78. The Kier molecular flexibility index (Phi) is 5.53. The number of amides is 1. The van der Waals surface area contributed by atoms with Crippen LogP contribution in [0.4, 0.5) is 0 Å². The fourth-order valence-corrected chi connectivity index (χ4v) is 3.87. The van der Waals surface area contributed by atoms with Gasteiger partial charge in [-0.15, -0.1) is 5.10 Å². The van der Waals surface area contributed by atoms with E-state index in [1.165, 1.54) is 0 Å². The van der Waals surface area contributed by atoms with Gasteiger partial charge in [-0.25, -0.2) is 4.68 Å². The van der Waals surface area contributed by atoms with Gasteiger partial charge in [-0.1, -0.05) is 28.6 Å². The summed E-state index contributed by atoms with van der Waals surface area (Å²) >= 11 is 0. The minimum atomic E-state index is -0.378. The number of likely N-dealkylation sites (tertiary alicyclic amines) is 1. The molecule has 9 heteroatoms. The number of carbonyl (C=O) groups is 1. The predicted octanol–water partition coefficient (Wildman–Crippen LogP) is 3.63. The summed E-state index contributed by atoms with van der Waals surface area (Å²) in [5, 5.41) is 12.6. The van der Waals surface area contributed by atoms with Gasteiger partial charge >= 0.3 is 0 Å². The van der Waals surface area contributed by atoms with Gasteiger partial charge in [0.1, 0.15) is 11.3 Å². The van der Waals surface area contributed by atoms with Gasteiger partial charge in [-0.2, -0.15) is 4.98 Å². The number of nitrogens with zero attached hydrogens (tertiary/aromatic N) is 6. The molecule has 1 unspecified atom stereocenters. The van der Waals surface area contributed by atoms with Gasteiger partial charge in [-0.3, -0.25) is 4.79 Å². The first-order valence-electron chi connectivity index (χ1n) is 10.8. The average Bonchev–Trinajstić information content (AvgIpc) is 3.59. The molecule has 1 atom stereocenters. The molecule has 1 aliphatic heterocycles. The van der Waals surface area contributed by atoms with Gasteiger partial charge in [0.15, 0.2) is 6.10 Å². The fourth-order valence-electron chi connectivity index (χ4n) is 3.87. The molecule has 2 aromatic carbocycles. The third kappa shape index (κ3) is 4.18. The Bertz CT molecular complexity index is 1210. The summed E-state index contributed by atoms with van der Waals surface area (Å²) in [5.74, 6) is 1.77. The van der Waals surface area contributed by atoms with Crippen molar-refractivity contribution in [2.24, 2.45) is 0 Å². The van der Waals surface area contributed by atoms with Crippen molar-refractivity contribution in [3.8, 4) is 17.1 Å². The minimum absolute atomic E-state index is 0.175. The Morgan fingerprint density at radius 1 is 1.16 bits per heavy atom. The topological polar surface area (TPSA) is 99.2 Å². The number of aryl methyl sites for hydroxylation is 1. The normalized spacial score (nSPS) is 14.7. The number of para-hydroxylation sites is 1. The highest BCUT2D eigenvalue weighted by molar-refractivity contribution is 5.80. The molecule has 164 valence electrons. The van der Waals surface area contributed by atoms with Crippen LogP contribution >= 0.6 is 0 Å². The van der Waals surface area contributed by atoms with Gasteiger partial charge in [0.2, 0.25) is 11.7 Å². The van der Waals surface area contributed by atoms with E-state index in [2.05, 4.69) is 20.5 Å². The first kappa shape index (κ1) is 20.2. The van der Waals surface area contributed by atoms with E-state index in [9.17, 15) is 4.79 Å². The molecular formula is C23H24N6O3. The number of ether oxygens (including phenoxy) is 1. The first-order valence-corrected chi connectivity index (χ1v) is 10.8. The van der Waals surface area contributed by atoms with Crippen LogP contribution < -0.4 is 4.74 Å². The molecule has 0 N–H and O–H groups in total. The van der Waals surface area contributed by atoms with Crippen molar-refractivity contribution in [1.29, 1.82) is 0 Å². The van der Waals surface area contributed by atoms with Crippen molar-refractivity contribution in [3.05, 3.63) is 54.4 Å². The van der Waals surface area contributed by atoms with Gasteiger partial charge in [0.25, 0.3) is 5.89 Å². The van der Waals surface area contributed by atoms with Crippen LogP contribution in [0.5, 0.6) is 5.75 Å². The van der Waals surface area contributed by atoms with E-state index in [1.807, 2.05) is 60.4 Å². The van der Waals surface area contributed by atoms with E-state index in [0.29, 0.717) is 24.7 Å². The lowest BCUT2D eigenvalue weighted by Gasteiger charge is -2.14. The quantitative estimate of drug-likeness (QED) is 0.440. The summed E-state index contributed by atoms with van der Waals surface area (Å²) in [5.41, 5.74) is 2.36. The number of aromatic nitrogens is 5. The zero-order chi connectivity index (χ0) is 21.9. The van der Waals surface area contributed by atoms with Crippen LogP contribution in [-0.2, 0) is 11.3 Å². The number of carbonyl (C=O) groups excluding carboxylic acids is 1. The van der Waals surface area contributed by atoms with Crippen LogP contribution in [0.3, 0.4) is 0 Å². The molecule has 9 nitrogen and oxygen atoms in total. The molecule has 1 amide bonds. The Morgan fingerprint density at radius 3 is 2.78 bits per heavy atom. The lowest BCUT2D eigenvalue weighted by molar-refractivity contribution is -0.130. The Labute approximate surface area is 185 Å². The highest BCUT2D eigenvalue weighted by Gasteiger charge is 2.19. The molecule has 0 saturated carbocycles. The Balaban J connectivity index is 1.28. The number of hydrogen-bond acceptors (Lipinski definition) is 7. The molecule has 0 bridgehead atoms. The zero-order valence-electron chi connectivity index (χ0n) is 17.8. The maximum Gasteiger partial charge on any atom is 0.267 e. The third-order valence-electron chi connectivity index (χ3n) is 5.61. The molecule has 5 rings (SSSR count). The van der Waals surface area contributed by atoms with Crippen molar-refractivity contribution in [2.75, 3.05) is 13.1 Å². The number of fused-ring (bicyclic) bond motifs is 1. The smallest absolute Gasteiger partial charge is 0.267 e. The summed E-state index contributed by atoms with van der Waals surface area (Å²) < 4.78 is 13.0. The van der Waals surface area contributed by atoms with Crippen molar-refractivity contribution in [2.45, 2.75) is 38.8 Å². The number of rotatable bonds is 7. The summed E-state index contributed by atoms with van der Waals surface area (Å²) in [6.45, 7) is 4.10. The molecule has 3 heterocycles. The van der Waals surface area contributed by atoms with E-state index < -0.39 is 0 Å². The summed E-state index contributed by atoms with van der Waals surface area (Å²) in [4.78, 5) is 18.7.